The fourth-order valence-corrected chi connectivity index (χ4v) is 2.78. The normalized spacial score (nSPS) is 11.0. The van der Waals surface area contributed by atoms with Crippen molar-refractivity contribution in [1.82, 2.24) is 14.5 Å². The minimum Gasteiger partial charge on any atom is -0.354 e. The van der Waals surface area contributed by atoms with E-state index in [0.717, 1.165) is 11.1 Å². The molecule has 2 heterocycles. The van der Waals surface area contributed by atoms with E-state index in [1.165, 1.54) is 12.1 Å². The number of nitrogens with one attached hydrogen (secondary N) is 1. The molecule has 3 rings (SSSR count). The zero-order valence-electron chi connectivity index (χ0n) is 13.9. The maximum Gasteiger partial charge on any atom is 0.260 e. The summed E-state index contributed by atoms with van der Waals surface area (Å²) in [4.78, 5) is 21.8. The van der Waals surface area contributed by atoms with Gasteiger partial charge in [0.1, 0.15) is 11.5 Å². The average molecular weight is 326 g/mol. The molecule has 0 atom stereocenters. The summed E-state index contributed by atoms with van der Waals surface area (Å²) in [6.07, 6.45) is 0. The van der Waals surface area contributed by atoms with Crippen LogP contribution in [0, 0.1) is 12.7 Å². The van der Waals surface area contributed by atoms with Crippen LogP contribution in [0.25, 0.3) is 22.2 Å². The molecule has 2 aromatic heterocycles. The van der Waals surface area contributed by atoms with Gasteiger partial charge in [-0.2, -0.15) is 4.98 Å². The van der Waals surface area contributed by atoms with Crippen molar-refractivity contribution < 1.29 is 4.39 Å². The van der Waals surface area contributed by atoms with Crippen molar-refractivity contribution in [3.05, 3.63) is 52.2 Å². The molecule has 124 valence electrons. The summed E-state index contributed by atoms with van der Waals surface area (Å²) in [5, 5.41) is 3.87. The van der Waals surface area contributed by atoms with E-state index in [9.17, 15) is 9.18 Å². The van der Waals surface area contributed by atoms with Crippen LogP contribution < -0.4 is 10.9 Å². The minimum absolute atomic E-state index is 0.184. The molecule has 0 bridgehead atoms. The molecule has 6 heteroatoms. The van der Waals surface area contributed by atoms with Crippen LogP contribution in [0.1, 0.15) is 19.5 Å². The van der Waals surface area contributed by atoms with Crippen LogP contribution in [-0.4, -0.2) is 21.1 Å². The lowest BCUT2D eigenvalue weighted by Gasteiger charge is -2.13. The van der Waals surface area contributed by atoms with Crippen molar-refractivity contribution in [2.75, 3.05) is 11.9 Å². The Balaban J connectivity index is 2.34. The number of rotatable bonds is 4. The summed E-state index contributed by atoms with van der Waals surface area (Å²) < 4.78 is 15.2. The van der Waals surface area contributed by atoms with Crippen LogP contribution in [-0.2, 0) is 6.54 Å². The fourth-order valence-electron chi connectivity index (χ4n) is 2.78. The minimum atomic E-state index is -0.370. The largest absolute Gasteiger partial charge is 0.354 e. The Hall–Kier alpha value is -2.76. The van der Waals surface area contributed by atoms with Gasteiger partial charge in [-0.15, -0.1) is 0 Å². The number of hydrogen-bond acceptors (Lipinski definition) is 4. The van der Waals surface area contributed by atoms with E-state index in [1.54, 1.807) is 22.8 Å². The van der Waals surface area contributed by atoms with Crippen molar-refractivity contribution in [2.24, 2.45) is 0 Å². The summed E-state index contributed by atoms with van der Waals surface area (Å²) in [5.74, 6) is 0.133. The summed E-state index contributed by atoms with van der Waals surface area (Å²) >= 11 is 0. The van der Waals surface area contributed by atoms with E-state index < -0.39 is 0 Å². The average Bonchev–Trinajstić information content (AvgIpc) is 2.55. The third kappa shape index (κ3) is 2.75. The lowest BCUT2D eigenvalue weighted by Crippen LogP contribution is -2.23. The van der Waals surface area contributed by atoms with E-state index >= 15 is 0 Å². The maximum absolute atomic E-state index is 13.6. The van der Waals surface area contributed by atoms with Gasteiger partial charge < -0.3 is 5.32 Å². The molecular weight excluding hydrogens is 307 g/mol. The number of aryl methyl sites for hydroxylation is 2. The molecule has 0 aliphatic carbocycles. The van der Waals surface area contributed by atoms with Crippen LogP contribution in [0.2, 0.25) is 0 Å². The van der Waals surface area contributed by atoms with Crippen LogP contribution in [0.15, 0.2) is 35.1 Å². The Bertz CT molecular complexity index is 965. The van der Waals surface area contributed by atoms with E-state index in [4.69, 9.17) is 0 Å². The van der Waals surface area contributed by atoms with Gasteiger partial charge in [-0.3, -0.25) is 9.36 Å². The molecule has 0 saturated heterocycles. The lowest BCUT2D eigenvalue weighted by atomic mass is 10.1. The fraction of sp³-hybridized carbons (Fsp3) is 0.278. The van der Waals surface area contributed by atoms with Gasteiger partial charge in [0, 0.05) is 24.0 Å². The first-order valence-corrected chi connectivity index (χ1v) is 7.97. The Morgan fingerprint density at radius 3 is 2.67 bits per heavy atom. The summed E-state index contributed by atoms with van der Waals surface area (Å²) in [6.45, 7) is 6.90. The number of fused-ring (bicyclic) bond motifs is 1. The third-order valence-electron chi connectivity index (χ3n) is 3.92. The molecule has 0 aliphatic rings. The highest BCUT2D eigenvalue weighted by Crippen LogP contribution is 2.23. The maximum atomic E-state index is 13.6. The molecule has 3 aromatic rings. The number of benzene rings is 1. The highest BCUT2D eigenvalue weighted by molar-refractivity contribution is 5.84. The van der Waals surface area contributed by atoms with Crippen molar-refractivity contribution in [3.63, 3.8) is 0 Å². The predicted molar refractivity (Wildman–Crippen MR) is 93.8 cm³/mol. The topological polar surface area (TPSA) is 59.8 Å². The summed E-state index contributed by atoms with van der Waals surface area (Å²) in [6, 6.07) is 7.81. The van der Waals surface area contributed by atoms with Crippen LogP contribution >= 0.6 is 0 Å². The number of aromatic nitrogens is 3. The second-order valence-electron chi connectivity index (χ2n) is 5.52. The second-order valence-corrected chi connectivity index (χ2v) is 5.52. The summed E-state index contributed by atoms with van der Waals surface area (Å²) in [7, 11) is 0. The lowest BCUT2D eigenvalue weighted by molar-refractivity contribution is 0.628. The zero-order valence-corrected chi connectivity index (χ0v) is 13.9. The van der Waals surface area contributed by atoms with E-state index in [0.29, 0.717) is 35.8 Å². The van der Waals surface area contributed by atoms with Gasteiger partial charge in [-0.1, -0.05) is 12.1 Å². The van der Waals surface area contributed by atoms with Crippen LogP contribution in [0.3, 0.4) is 0 Å². The molecule has 1 N–H and O–H groups in total. The number of hydrogen-bond donors (Lipinski definition) is 1. The van der Waals surface area contributed by atoms with E-state index in [2.05, 4.69) is 15.3 Å². The molecule has 0 amide bonds. The molecule has 0 radical (unpaired) electrons. The smallest absolute Gasteiger partial charge is 0.260 e. The third-order valence-corrected chi connectivity index (χ3v) is 3.92. The van der Waals surface area contributed by atoms with Crippen LogP contribution in [0.4, 0.5) is 10.3 Å². The highest BCUT2D eigenvalue weighted by atomic mass is 19.1. The van der Waals surface area contributed by atoms with Crippen molar-refractivity contribution in [2.45, 2.75) is 27.3 Å². The number of nitrogens with zero attached hydrogens (tertiary/aromatic N) is 3. The Labute approximate surface area is 139 Å². The number of pyridine rings is 1. The van der Waals surface area contributed by atoms with Crippen molar-refractivity contribution >= 4 is 17.0 Å². The molecule has 0 saturated carbocycles. The molecule has 0 spiro atoms. The van der Waals surface area contributed by atoms with Gasteiger partial charge >= 0.3 is 0 Å². The molecule has 5 nitrogen and oxygen atoms in total. The van der Waals surface area contributed by atoms with Gasteiger partial charge in [0.2, 0.25) is 5.95 Å². The van der Waals surface area contributed by atoms with Crippen molar-refractivity contribution in [3.8, 4) is 11.1 Å². The Kier molecular flexibility index (Phi) is 4.29. The van der Waals surface area contributed by atoms with E-state index in [-0.39, 0.29) is 11.4 Å². The second kappa shape index (κ2) is 6.39. The summed E-state index contributed by atoms with van der Waals surface area (Å²) in [5.41, 5.74) is 2.18. The van der Waals surface area contributed by atoms with Gasteiger partial charge in [0.25, 0.3) is 5.56 Å². The molecule has 0 fully saturated rings. The van der Waals surface area contributed by atoms with E-state index in [1.807, 2.05) is 20.8 Å². The molecule has 1 aromatic carbocycles. The van der Waals surface area contributed by atoms with Gasteiger partial charge in [-0.05, 0) is 44.5 Å². The first-order valence-electron chi connectivity index (χ1n) is 7.97. The predicted octanol–water partition coefficient (Wildman–Crippen LogP) is 3.36. The first-order chi connectivity index (χ1) is 11.5. The molecule has 24 heavy (non-hydrogen) atoms. The zero-order chi connectivity index (χ0) is 17.3. The quantitative estimate of drug-likeness (QED) is 0.799. The van der Waals surface area contributed by atoms with Crippen molar-refractivity contribution in [1.29, 1.82) is 0 Å². The molecule has 0 unspecified atom stereocenters. The van der Waals surface area contributed by atoms with Crippen LogP contribution in [0.5, 0.6) is 0 Å². The molecule has 0 aliphatic heterocycles. The molecular formula is C18H19FN4O. The number of anilines is 1. The highest BCUT2D eigenvalue weighted by Gasteiger charge is 2.14. The van der Waals surface area contributed by atoms with Gasteiger partial charge in [0.15, 0.2) is 0 Å². The Morgan fingerprint density at radius 2 is 2.00 bits per heavy atom. The number of halogens is 1. The van der Waals surface area contributed by atoms with Gasteiger partial charge in [-0.25, -0.2) is 9.37 Å². The van der Waals surface area contributed by atoms with Gasteiger partial charge in [0.05, 0.1) is 5.69 Å². The standard InChI is InChI=1S/C18H19FN4O/c1-4-20-18-21-11(3)14-10-15(12-7-6-8-13(19)9-12)17(24)23(5-2)16(14)22-18/h6-10H,4-5H2,1-3H3,(H,20,21,22). The Morgan fingerprint density at radius 1 is 1.21 bits per heavy atom. The monoisotopic (exact) mass is 326 g/mol. The SMILES string of the molecule is CCNc1nc(C)c2cc(-c3cccc(F)c3)c(=O)n(CC)c2n1. The first kappa shape index (κ1) is 16.1.